The summed E-state index contributed by atoms with van der Waals surface area (Å²) in [5.41, 5.74) is 3.62. The normalized spacial score (nSPS) is 15.7. The van der Waals surface area contributed by atoms with Gasteiger partial charge in [-0.15, -0.1) is 0 Å². The van der Waals surface area contributed by atoms with Crippen molar-refractivity contribution in [2.24, 2.45) is 0 Å². The molecule has 0 radical (unpaired) electrons. The van der Waals surface area contributed by atoms with Crippen molar-refractivity contribution in [3.63, 3.8) is 0 Å². The summed E-state index contributed by atoms with van der Waals surface area (Å²) in [6, 6.07) is 6.88. The van der Waals surface area contributed by atoms with Gasteiger partial charge in [0.2, 0.25) is 5.95 Å². The molecule has 5 rings (SSSR count). The van der Waals surface area contributed by atoms with Crippen molar-refractivity contribution >= 4 is 28.9 Å². The van der Waals surface area contributed by atoms with Crippen LogP contribution in [0, 0.1) is 18.6 Å². The van der Waals surface area contributed by atoms with Crippen LogP contribution in [0.1, 0.15) is 51.0 Å². The molecule has 1 saturated heterocycles. The number of benzene rings is 1. The molecule has 192 valence electrons. The zero-order chi connectivity index (χ0) is 26.1. The van der Waals surface area contributed by atoms with Gasteiger partial charge in [0, 0.05) is 24.3 Å². The number of likely N-dealkylation sites (N-methyl/N-ethyl adjacent to an activating group) is 1. The smallest absolute Gasteiger partial charge is 0.229 e. The molecule has 1 fully saturated rings. The lowest BCUT2D eigenvalue weighted by atomic mass is 10.0. The number of aryl methyl sites for hydroxylation is 1. The van der Waals surface area contributed by atoms with Gasteiger partial charge >= 0.3 is 0 Å². The number of aromatic nitrogens is 5. The molecule has 1 aliphatic heterocycles. The number of hydrogen-bond acceptors (Lipinski definition) is 6. The molecule has 9 heteroatoms. The Hall–Kier alpha value is -3.72. The highest BCUT2D eigenvalue weighted by atomic mass is 19.1. The Morgan fingerprint density at radius 1 is 1.08 bits per heavy atom. The average Bonchev–Trinajstić information content (AvgIpc) is 3.23. The SMILES string of the molecule is CCN1CCC/C(=C\c2ccc(Nc3ncc(F)c(-c4cc(F)c5nc(C)n(C(C)C)c5c4)n3)nc2)C1. The second-order valence-corrected chi connectivity index (χ2v) is 9.72. The molecule has 1 aromatic carbocycles. The summed E-state index contributed by atoms with van der Waals surface area (Å²) < 4.78 is 31.7. The number of nitrogens with one attached hydrogen (secondary N) is 1. The minimum Gasteiger partial charge on any atom is -0.326 e. The van der Waals surface area contributed by atoms with Gasteiger partial charge in [0.15, 0.2) is 11.6 Å². The van der Waals surface area contributed by atoms with Crippen LogP contribution in [-0.4, -0.2) is 49.0 Å². The lowest BCUT2D eigenvalue weighted by Gasteiger charge is -2.27. The number of hydrogen-bond donors (Lipinski definition) is 1. The number of anilines is 2. The Morgan fingerprint density at radius 2 is 1.92 bits per heavy atom. The molecule has 0 bridgehead atoms. The number of pyridine rings is 1. The van der Waals surface area contributed by atoms with E-state index in [1.807, 2.05) is 37.5 Å². The largest absolute Gasteiger partial charge is 0.326 e. The molecular formula is C28H31F2N7. The van der Waals surface area contributed by atoms with Gasteiger partial charge in [0.25, 0.3) is 0 Å². The van der Waals surface area contributed by atoms with E-state index in [4.69, 9.17) is 0 Å². The van der Waals surface area contributed by atoms with Crippen LogP contribution in [0.3, 0.4) is 0 Å². The van der Waals surface area contributed by atoms with E-state index >= 15 is 0 Å². The van der Waals surface area contributed by atoms with Crippen LogP contribution in [0.5, 0.6) is 0 Å². The fourth-order valence-corrected chi connectivity index (χ4v) is 4.96. The van der Waals surface area contributed by atoms with E-state index in [9.17, 15) is 8.78 Å². The van der Waals surface area contributed by atoms with Crippen molar-refractivity contribution in [3.8, 4) is 11.3 Å². The van der Waals surface area contributed by atoms with Gasteiger partial charge in [0.1, 0.15) is 22.9 Å². The first-order chi connectivity index (χ1) is 17.8. The van der Waals surface area contributed by atoms with Gasteiger partial charge in [0.05, 0.1) is 11.7 Å². The highest BCUT2D eigenvalue weighted by Crippen LogP contribution is 2.30. The molecule has 0 aliphatic carbocycles. The second-order valence-electron chi connectivity index (χ2n) is 9.72. The number of nitrogens with zero attached hydrogens (tertiary/aromatic N) is 6. The Morgan fingerprint density at radius 3 is 2.65 bits per heavy atom. The highest BCUT2D eigenvalue weighted by Gasteiger charge is 2.18. The maximum atomic E-state index is 14.9. The molecule has 4 heterocycles. The predicted octanol–water partition coefficient (Wildman–Crippen LogP) is 6.30. The lowest BCUT2D eigenvalue weighted by Crippen LogP contribution is -2.30. The minimum absolute atomic E-state index is 0.00610. The van der Waals surface area contributed by atoms with Crippen LogP contribution >= 0.6 is 0 Å². The van der Waals surface area contributed by atoms with E-state index in [1.165, 1.54) is 18.1 Å². The summed E-state index contributed by atoms with van der Waals surface area (Å²) in [4.78, 5) is 19.7. The van der Waals surface area contributed by atoms with Crippen LogP contribution in [0.4, 0.5) is 20.5 Å². The fraction of sp³-hybridized carbons (Fsp3) is 0.357. The van der Waals surface area contributed by atoms with Crippen LogP contribution in [0.25, 0.3) is 28.4 Å². The van der Waals surface area contributed by atoms with Crippen LogP contribution in [0.2, 0.25) is 0 Å². The molecule has 0 atom stereocenters. The van der Waals surface area contributed by atoms with E-state index in [2.05, 4.69) is 43.2 Å². The summed E-state index contributed by atoms with van der Waals surface area (Å²) in [7, 11) is 0. The van der Waals surface area contributed by atoms with Crippen molar-refractivity contribution in [3.05, 3.63) is 65.3 Å². The average molecular weight is 504 g/mol. The molecule has 4 aromatic rings. The molecule has 1 aliphatic rings. The Kier molecular flexibility index (Phi) is 6.97. The molecular weight excluding hydrogens is 472 g/mol. The third-order valence-electron chi connectivity index (χ3n) is 6.70. The topological polar surface area (TPSA) is 71.8 Å². The summed E-state index contributed by atoms with van der Waals surface area (Å²) in [5.74, 6) is 0.251. The summed E-state index contributed by atoms with van der Waals surface area (Å²) in [6.07, 6.45) is 7.35. The molecule has 0 saturated carbocycles. The number of rotatable bonds is 6. The number of halogens is 2. The molecule has 37 heavy (non-hydrogen) atoms. The van der Waals surface area contributed by atoms with E-state index in [0.29, 0.717) is 22.7 Å². The van der Waals surface area contributed by atoms with Crippen molar-refractivity contribution in [2.45, 2.75) is 46.6 Å². The predicted molar refractivity (Wildman–Crippen MR) is 143 cm³/mol. The van der Waals surface area contributed by atoms with Crippen LogP contribution in [0.15, 0.2) is 42.2 Å². The lowest BCUT2D eigenvalue weighted by molar-refractivity contribution is 0.280. The van der Waals surface area contributed by atoms with Gasteiger partial charge < -0.3 is 9.88 Å². The molecule has 0 unspecified atom stereocenters. The third-order valence-corrected chi connectivity index (χ3v) is 6.70. The highest BCUT2D eigenvalue weighted by molar-refractivity contribution is 5.83. The summed E-state index contributed by atoms with van der Waals surface area (Å²) in [5, 5.41) is 3.03. The molecule has 7 nitrogen and oxygen atoms in total. The van der Waals surface area contributed by atoms with Crippen molar-refractivity contribution < 1.29 is 8.78 Å². The Bertz CT molecular complexity index is 1460. The number of piperidine rings is 1. The number of imidazole rings is 1. The van der Waals surface area contributed by atoms with Crippen molar-refractivity contribution in [2.75, 3.05) is 25.0 Å². The van der Waals surface area contributed by atoms with Gasteiger partial charge in [-0.25, -0.2) is 28.7 Å². The maximum absolute atomic E-state index is 14.9. The maximum Gasteiger partial charge on any atom is 0.229 e. The van der Waals surface area contributed by atoms with Crippen LogP contribution in [-0.2, 0) is 0 Å². The first kappa shape index (κ1) is 25.0. The van der Waals surface area contributed by atoms with E-state index in [1.54, 1.807) is 12.3 Å². The first-order valence-electron chi connectivity index (χ1n) is 12.7. The van der Waals surface area contributed by atoms with E-state index < -0.39 is 11.6 Å². The second kappa shape index (κ2) is 10.3. The first-order valence-corrected chi connectivity index (χ1v) is 12.7. The molecule has 0 spiro atoms. The third kappa shape index (κ3) is 5.22. The van der Waals surface area contributed by atoms with Crippen LogP contribution < -0.4 is 5.32 Å². The monoisotopic (exact) mass is 503 g/mol. The van der Waals surface area contributed by atoms with Gasteiger partial charge in [-0.2, -0.15) is 0 Å². The minimum atomic E-state index is -0.639. The van der Waals surface area contributed by atoms with Crippen molar-refractivity contribution in [1.29, 1.82) is 0 Å². The van der Waals surface area contributed by atoms with E-state index in [0.717, 1.165) is 37.8 Å². The van der Waals surface area contributed by atoms with Gasteiger partial charge in [-0.05, 0) is 76.5 Å². The standard InChI is InChI=1S/C28H31F2N7/c1-5-36-10-6-7-20(16-36)11-19-8-9-25(31-14-19)34-28-32-15-23(30)26(35-28)21-12-22(29)27-24(13-21)37(17(2)3)18(4)33-27/h8-9,11-15,17H,5-7,10,16H2,1-4H3,(H,31,32,34,35)/b20-11+. The van der Waals surface area contributed by atoms with Crippen molar-refractivity contribution in [1.82, 2.24) is 29.4 Å². The van der Waals surface area contributed by atoms with Gasteiger partial charge in [-0.1, -0.05) is 18.6 Å². The van der Waals surface area contributed by atoms with E-state index in [-0.39, 0.29) is 23.2 Å². The summed E-state index contributed by atoms with van der Waals surface area (Å²) in [6.45, 7) is 11.2. The van der Waals surface area contributed by atoms with Gasteiger partial charge in [-0.3, -0.25) is 4.90 Å². The fourth-order valence-electron chi connectivity index (χ4n) is 4.96. The number of likely N-dealkylation sites (tertiary alicyclic amines) is 1. The number of fused-ring (bicyclic) bond motifs is 1. The molecule has 0 amide bonds. The zero-order valence-corrected chi connectivity index (χ0v) is 21.6. The quantitative estimate of drug-likeness (QED) is 0.333. The molecule has 3 aromatic heterocycles. The Labute approximate surface area is 215 Å². The zero-order valence-electron chi connectivity index (χ0n) is 21.6. The Balaban J connectivity index is 1.40. The summed E-state index contributed by atoms with van der Waals surface area (Å²) >= 11 is 0. The molecule has 1 N–H and O–H groups in total.